The number of hydrogen-bond acceptors (Lipinski definition) is 4. The maximum Gasteiger partial charge on any atom is 0.121 e. The highest BCUT2D eigenvalue weighted by atomic mass is 79.9. The van der Waals surface area contributed by atoms with E-state index in [4.69, 9.17) is 15.8 Å². The van der Waals surface area contributed by atoms with Gasteiger partial charge in [-0.25, -0.2) is 5.84 Å². The summed E-state index contributed by atoms with van der Waals surface area (Å²) in [5.41, 5.74) is 3.62. The SMILES string of the molecule is Cc1cccc(N(C)N)c1COc1ccc(Br)c(C#N)c1. The van der Waals surface area contributed by atoms with E-state index in [0.29, 0.717) is 17.9 Å². The first kappa shape index (κ1) is 15.4. The number of benzene rings is 2. The molecule has 0 saturated carbocycles. The molecule has 0 spiro atoms. The molecule has 108 valence electrons. The van der Waals surface area contributed by atoms with Gasteiger partial charge in [0.25, 0.3) is 0 Å². The molecule has 2 N–H and O–H groups in total. The minimum atomic E-state index is 0.399. The van der Waals surface area contributed by atoms with E-state index in [1.54, 1.807) is 18.1 Å². The average molecular weight is 346 g/mol. The topological polar surface area (TPSA) is 62.3 Å². The van der Waals surface area contributed by atoms with E-state index in [0.717, 1.165) is 21.3 Å². The zero-order chi connectivity index (χ0) is 15.4. The van der Waals surface area contributed by atoms with Crippen LogP contribution in [0.25, 0.3) is 0 Å². The molecule has 0 aliphatic carbocycles. The second kappa shape index (κ2) is 6.61. The van der Waals surface area contributed by atoms with E-state index < -0.39 is 0 Å². The van der Waals surface area contributed by atoms with Crippen LogP contribution in [0.4, 0.5) is 5.69 Å². The Kier molecular flexibility index (Phi) is 4.84. The van der Waals surface area contributed by atoms with Crippen molar-refractivity contribution >= 4 is 21.6 Å². The van der Waals surface area contributed by atoms with Gasteiger partial charge in [-0.3, -0.25) is 0 Å². The second-order valence-electron chi connectivity index (χ2n) is 4.73. The third kappa shape index (κ3) is 3.54. The lowest BCUT2D eigenvalue weighted by Gasteiger charge is -2.19. The molecule has 0 heterocycles. The maximum absolute atomic E-state index is 9.03. The minimum Gasteiger partial charge on any atom is -0.489 e. The van der Waals surface area contributed by atoms with Gasteiger partial charge in [-0.05, 0) is 52.7 Å². The number of hydrogen-bond donors (Lipinski definition) is 1. The fourth-order valence-electron chi connectivity index (χ4n) is 2.04. The third-order valence-electron chi connectivity index (χ3n) is 3.21. The molecule has 2 aromatic carbocycles. The fourth-order valence-corrected chi connectivity index (χ4v) is 2.38. The van der Waals surface area contributed by atoms with Crippen molar-refractivity contribution in [1.82, 2.24) is 0 Å². The molecule has 5 heteroatoms. The Bertz CT molecular complexity index is 692. The Morgan fingerprint density at radius 1 is 1.33 bits per heavy atom. The van der Waals surface area contributed by atoms with Crippen molar-refractivity contribution in [2.75, 3.05) is 12.1 Å². The zero-order valence-electron chi connectivity index (χ0n) is 11.9. The molecule has 0 unspecified atom stereocenters. The van der Waals surface area contributed by atoms with Gasteiger partial charge in [0.1, 0.15) is 18.4 Å². The van der Waals surface area contributed by atoms with Gasteiger partial charge in [0.2, 0.25) is 0 Å². The van der Waals surface area contributed by atoms with Crippen LogP contribution in [-0.2, 0) is 6.61 Å². The van der Waals surface area contributed by atoms with Gasteiger partial charge in [0.05, 0.1) is 11.3 Å². The predicted molar refractivity (Wildman–Crippen MR) is 87.0 cm³/mol. The van der Waals surface area contributed by atoms with Gasteiger partial charge in [-0.2, -0.15) is 5.26 Å². The van der Waals surface area contributed by atoms with Gasteiger partial charge in [0, 0.05) is 17.1 Å². The van der Waals surface area contributed by atoms with Crippen LogP contribution < -0.4 is 15.6 Å². The molecule has 0 atom stereocenters. The lowest BCUT2D eigenvalue weighted by molar-refractivity contribution is 0.305. The van der Waals surface area contributed by atoms with E-state index in [-0.39, 0.29) is 0 Å². The second-order valence-corrected chi connectivity index (χ2v) is 5.58. The molecule has 0 saturated heterocycles. The molecular formula is C16H16BrN3O. The fraction of sp³-hybridized carbons (Fsp3) is 0.188. The lowest BCUT2D eigenvalue weighted by Crippen LogP contribution is -2.26. The highest BCUT2D eigenvalue weighted by molar-refractivity contribution is 9.10. The number of nitriles is 1. The molecule has 0 aliphatic heterocycles. The minimum absolute atomic E-state index is 0.399. The molecule has 4 nitrogen and oxygen atoms in total. The first-order chi connectivity index (χ1) is 10.0. The summed E-state index contributed by atoms with van der Waals surface area (Å²) in [6.45, 7) is 2.42. The van der Waals surface area contributed by atoms with Crippen molar-refractivity contribution in [1.29, 1.82) is 5.26 Å². The van der Waals surface area contributed by atoms with E-state index >= 15 is 0 Å². The van der Waals surface area contributed by atoms with Crippen molar-refractivity contribution in [3.05, 3.63) is 57.6 Å². The smallest absolute Gasteiger partial charge is 0.121 e. The van der Waals surface area contributed by atoms with Crippen molar-refractivity contribution in [2.24, 2.45) is 5.84 Å². The molecule has 21 heavy (non-hydrogen) atoms. The molecule has 0 radical (unpaired) electrons. The molecule has 0 aliphatic rings. The molecule has 2 rings (SSSR count). The van der Waals surface area contributed by atoms with Gasteiger partial charge in [0.15, 0.2) is 0 Å². The van der Waals surface area contributed by atoms with Crippen LogP contribution in [0.5, 0.6) is 5.75 Å². The highest BCUT2D eigenvalue weighted by Crippen LogP contribution is 2.25. The van der Waals surface area contributed by atoms with Crippen LogP contribution in [-0.4, -0.2) is 7.05 Å². The third-order valence-corrected chi connectivity index (χ3v) is 3.90. The Hall–Kier alpha value is -2.03. The van der Waals surface area contributed by atoms with Gasteiger partial charge < -0.3 is 9.75 Å². The molecule has 0 bridgehead atoms. The van der Waals surface area contributed by atoms with Gasteiger partial charge >= 0.3 is 0 Å². The first-order valence-electron chi connectivity index (χ1n) is 6.42. The Morgan fingerprint density at radius 2 is 2.10 bits per heavy atom. The standard InChI is InChI=1S/C16H16BrN3O/c1-11-4-3-5-16(20(2)19)14(11)10-21-13-6-7-15(17)12(8-13)9-18/h3-8H,10,19H2,1-2H3. The Balaban J connectivity index is 2.23. The maximum atomic E-state index is 9.03. The summed E-state index contributed by atoms with van der Waals surface area (Å²) in [5, 5.41) is 10.6. The average Bonchev–Trinajstić information content (AvgIpc) is 2.47. The number of rotatable bonds is 4. The monoisotopic (exact) mass is 345 g/mol. The molecule has 0 fully saturated rings. The zero-order valence-corrected chi connectivity index (χ0v) is 13.5. The number of hydrazine groups is 1. The van der Waals surface area contributed by atoms with Gasteiger partial charge in [-0.1, -0.05) is 12.1 Å². The first-order valence-corrected chi connectivity index (χ1v) is 7.21. The van der Waals surface area contributed by atoms with Crippen LogP contribution in [0.1, 0.15) is 16.7 Å². The summed E-state index contributed by atoms with van der Waals surface area (Å²) in [5.74, 6) is 6.50. The van der Waals surface area contributed by atoms with Crippen LogP contribution in [0.2, 0.25) is 0 Å². The summed E-state index contributed by atoms with van der Waals surface area (Å²) < 4.78 is 6.57. The van der Waals surface area contributed by atoms with Crippen molar-refractivity contribution in [3.63, 3.8) is 0 Å². The largest absolute Gasteiger partial charge is 0.489 e. The van der Waals surface area contributed by atoms with Gasteiger partial charge in [-0.15, -0.1) is 0 Å². The van der Waals surface area contributed by atoms with Crippen LogP contribution >= 0.6 is 15.9 Å². The van der Waals surface area contributed by atoms with Crippen molar-refractivity contribution < 1.29 is 4.74 Å². The number of aryl methyl sites for hydroxylation is 1. The normalized spacial score (nSPS) is 10.0. The number of anilines is 1. The molecule has 0 aromatic heterocycles. The van der Waals surface area contributed by atoms with Crippen LogP contribution in [0.3, 0.4) is 0 Å². The van der Waals surface area contributed by atoms with Crippen LogP contribution in [0.15, 0.2) is 40.9 Å². The van der Waals surface area contributed by atoms with E-state index in [2.05, 4.69) is 22.0 Å². The quantitative estimate of drug-likeness (QED) is 0.680. The number of nitrogens with zero attached hydrogens (tertiary/aromatic N) is 2. The predicted octanol–water partition coefficient (Wildman–Crippen LogP) is 3.52. The van der Waals surface area contributed by atoms with E-state index in [9.17, 15) is 0 Å². The number of nitrogens with two attached hydrogens (primary N) is 1. The summed E-state index contributed by atoms with van der Waals surface area (Å²) >= 11 is 3.33. The number of halogens is 1. The van der Waals surface area contributed by atoms with Crippen LogP contribution in [0, 0.1) is 18.3 Å². The number of ether oxygens (including phenoxy) is 1. The molecular weight excluding hydrogens is 330 g/mol. The molecule has 0 amide bonds. The van der Waals surface area contributed by atoms with Crippen molar-refractivity contribution in [3.8, 4) is 11.8 Å². The summed E-state index contributed by atoms with van der Waals surface area (Å²) in [4.78, 5) is 0. The summed E-state index contributed by atoms with van der Waals surface area (Å²) in [6, 6.07) is 13.4. The van der Waals surface area contributed by atoms with Crippen molar-refractivity contribution in [2.45, 2.75) is 13.5 Å². The summed E-state index contributed by atoms with van der Waals surface area (Å²) in [7, 11) is 1.80. The summed E-state index contributed by atoms with van der Waals surface area (Å²) in [6.07, 6.45) is 0. The highest BCUT2D eigenvalue weighted by Gasteiger charge is 2.09. The Morgan fingerprint density at radius 3 is 2.76 bits per heavy atom. The lowest BCUT2D eigenvalue weighted by atomic mass is 10.1. The van der Waals surface area contributed by atoms with E-state index in [1.165, 1.54) is 0 Å². The molecule has 2 aromatic rings. The Labute approximate surface area is 132 Å². The van der Waals surface area contributed by atoms with E-state index in [1.807, 2.05) is 37.3 Å².